The van der Waals surface area contributed by atoms with Crippen molar-refractivity contribution >= 4 is 101 Å². The molecule has 0 amide bonds. The molecule has 0 radical (unpaired) electrons. The Morgan fingerprint density at radius 2 is 1.02 bits per heavy atom. The number of fused-ring (bicyclic) bond motifs is 7. The zero-order valence-corrected chi connectivity index (χ0v) is 35.3. The van der Waals surface area contributed by atoms with Gasteiger partial charge < -0.3 is 14.2 Å². The number of rotatable bonds is 6. The first-order valence-electron chi connectivity index (χ1n) is 21.9. The fourth-order valence-corrected chi connectivity index (χ4v) is 9.76. The summed E-state index contributed by atoms with van der Waals surface area (Å²) in [4.78, 5) is 4.79. The van der Waals surface area contributed by atoms with Gasteiger partial charge in [-0.1, -0.05) is 164 Å². The molecule has 0 fully saturated rings. The van der Waals surface area contributed by atoms with Crippen LogP contribution in [0.1, 0.15) is 16.7 Å². The van der Waals surface area contributed by atoms with Crippen LogP contribution in [0.4, 0.5) is 34.1 Å². The van der Waals surface area contributed by atoms with Crippen molar-refractivity contribution in [2.24, 2.45) is 0 Å². The molecular formula is C61H42N2O. The summed E-state index contributed by atoms with van der Waals surface area (Å²) >= 11 is 0. The number of nitrogens with zero attached hydrogens (tertiary/aromatic N) is 2. The number of para-hydroxylation sites is 3. The Labute approximate surface area is 372 Å². The molecule has 2 heterocycles. The van der Waals surface area contributed by atoms with Crippen molar-refractivity contribution in [1.82, 2.24) is 0 Å². The summed E-state index contributed by atoms with van der Waals surface area (Å²) in [5, 5.41) is 9.83. The molecule has 0 atom stereocenters. The second-order valence-corrected chi connectivity index (χ2v) is 16.5. The SMILES string of the molecule is C(=C/c1ccccc1)/c1ccccc1.Cc1ccc2c(c1)oc1c3ccc4c5c(cc6cccc(c21)c6c53)-c1ccc(N(c2ccccc2)c2ccccc2)cc1N4c1ccccc1. The van der Waals surface area contributed by atoms with Crippen LogP contribution in [0.3, 0.4) is 0 Å². The van der Waals surface area contributed by atoms with Crippen LogP contribution in [0.5, 0.6) is 0 Å². The largest absolute Gasteiger partial charge is 0.455 e. The summed E-state index contributed by atoms with van der Waals surface area (Å²) in [6.07, 6.45) is 4.24. The molecule has 3 nitrogen and oxygen atoms in total. The van der Waals surface area contributed by atoms with E-state index in [-0.39, 0.29) is 0 Å². The molecule has 0 spiro atoms. The topological polar surface area (TPSA) is 19.6 Å². The lowest BCUT2D eigenvalue weighted by Crippen LogP contribution is -2.17. The van der Waals surface area contributed by atoms with Crippen LogP contribution in [0, 0.1) is 6.92 Å². The first kappa shape index (κ1) is 37.4. The van der Waals surface area contributed by atoms with Crippen molar-refractivity contribution in [2.45, 2.75) is 6.92 Å². The summed E-state index contributed by atoms with van der Waals surface area (Å²) in [6.45, 7) is 2.13. The molecule has 64 heavy (non-hydrogen) atoms. The van der Waals surface area contributed by atoms with Gasteiger partial charge in [-0.25, -0.2) is 0 Å². The first-order chi connectivity index (χ1) is 31.7. The van der Waals surface area contributed by atoms with Gasteiger partial charge in [0.25, 0.3) is 0 Å². The summed E-state index contributed by atoms with van der Waals surface area (Å²) in [5.74, 6) is 0. The molecule has 13 rings (SSSR count). The molecule has 12 aromatic rings. The molecule has 0 saturated carbocycles. The van der Waals surface area contributed by atoms with Crippen molar-refractivity contribution in [3.8, 4) is 11.1 Å². The highest BCUT2D eigenvalue weighted by Crippen LogP contribution is 2.57. The molecule has 3 heteroatoms. The first-order valence-corrected chi connectivity index (χ1v) is 21.9. The smallest absolute Gasteiger partial charge is 0.143 e. The lowest BCUT2D eigenvalue weighted by atomic mass is 9.83. The van der Waals surface area contributed by atoms with E-state index in [1.165, 1.54) is 71.2 Å². The third-order valence-corrected chi connectivity index (χ3v) is 12.6. The summed E-state index contributed by atoms with van der Waals surface area (Å²) in [7, 11) is 0. The highest BCUT2D eigenvalue weighted by molar-refractivity contribution is 6.40. The third kappa shape index (κ3) is 6.29. The van der Waals surface area contributed by atoms with E-state index in [1.54, 1.807) is 0 Å². The Hall–Kier alpha value is -8.40. The number of hydrogen-bond donors (Lipinski definition) is 0. The quantitative estimate of drug-likeness (QED) is 0.123. The van der Waals surface area contributed by atoms with Crippen LogP contribution in [-0.2, 0) is 0 Å². The van der Waals surface area contributed by atoms with Crippen molar-refractivity contribution in [1.29, 1.82) is 0 Å². The highest BCUT2D eigenvalue weighted by Gasteiger charge is 2.31. The Balaban J connectivity index is 0.000000265. The van der Waals surface area contributed by atoms with Crippen LogP contribution in [0.25, 0.3) is 77.5 Å². The maximum atomic E-state index is 6.77. The lowest BCUT2D eigenvalue weighted by Gasteiger charge is -2.36. The zero-order chi connectivity index (χ0) is 42.6. The predicted molar refractivity (Wildman–Crippen MR) is 272 cm³/mol. The third-order valence-electron chi connectivity index (χ3n) is 12.6. The highest BCUT2D eigenvalue weighted by atomic mass is 16.3. The van der Waals surface area contributed by atoms with Crippen LogP contribution < -0.4 is 9.80 Å². The summed E-state index contributed by atoms with van der Waals surface area (Å²) < 4.78 is 6.77. The van der Waals surface area contributed by atoms with Gasteiger partial charge in [-0.15, -0.1) is 0 Å². The summed E-state index contributed by atoms with van der Waals surface area (Å²) in [5.41, 5.74) is 14.8. The Morgan fingerprint density at radius 1 is 0.406 bits per heavy atom. The van der Waals surface area contributed by atoms with E-state index >= 15 is 0 Å². The van der Waals surface area contributed by atoms with Gasteiger partial charge in [-0.3, -0.25) is 0 Å². The Bertz CT molecular complexity index is 3570. The minimum atomic E-state index is 0.939. The minimum absolute atomic E-state index is 0.939. The minimum Gasteiger partial charge on any atom is -0.455 e. The van der Waals surface area contributed by atoms with Crippen LogP contribution in [0.2, 0.25) is 0 Å². The average Bonchev–Trinajstić information content (AvgIpc) is 3.74. The van der Waals surface area contributed by atoms with Gasteiger partial charge in [0, 0.05) is 55.2 Å². The molecule has 11 aromatic carbocycles. The van der Waals surface area contributed by atoms with E-state index in [4.69, 9.17) is 4.42 Å². The number of furan rings is 1. The van der Waals surface area contributed by atoms with Gasteiger partial charge in [-0.2, -0.15) is 0 Å². The molecule has 0 saturated heterocycles. The molecule has 0 unspecified atom stereocenters. The van der Waals surface area contributed by atoms with Gasteiger partial charge in [0.1, 0.15) is 11.2 Å². The predicted octanol–water partition coefficient (Wildman–Crippen LogP) is 17.6. The van der Waals surface area contributed by atoms with Gasteiger partial charge in [-0.05, 0) is 118 Å². The van der Waals surface area contributed by atoms with Crippen molar-refractivity contribution in [3.05, 3.63) is 241 Å². The molecule has 0 N–H and O–H groups in total. The molecule has 1 aliphatic heterocycles. The van der Waals surface area contributed by atoms with Crippen LogP contribution in [-0.4, -0.2) is 0 Å². The van der Waals surface area contributed by atoms with Crippen LogP contribution in [0.15, 0.2) is 229 Å². The number of aryl methyl sites for hydroxylation is 1. The second-order valence-electron chi connectivity index (χ2n) is 16.5. The Morgan fingerprint density at radius 3 is 1.67 bits per heavy atom. The summed E-state index contributed by atoms with van der Waals surface area (Å²) in [6, 6.07) is 79.9. The molecule has 302 valence electrons. The molecule has 1 aliphatic rings. The normalized spacial score (nSPS) is 12.0. The van der Waals surface area contributed by atoms with E-state index in [0.29, 0.717) is 0 Å². The molecular weight excluding hydrogens is 777 g/mol. The fourth-order valence-electron chi connectivity index (χ4n) is 9.76. The van der Waals surface area contributed by atoms with E-state index < -0.39 is 0 Å². The zero-order valence-electron chi connectivity index (χ0n) is 35.3. The van der Waals surface area contributed by atoms with Crippen molar-refractivity contribution in [2.75, 3.05) is 9.80 Å². The maximum absolute atomic E-state index is 6.77. The molecule has 1 aromatic heterocycles. The van der Waals surface area contributed by atoms with Gasteiger partial charge in [0.05, 0.1) is 11.4 Å². The second kappa shape index (κ2) is 15.5. The number of benzene rings is 11. The van der Waals surface area contributed by atoms with Gasteiger partial charge in [0.2, 0.25) is 0 Å². The van der Waals surface area contributed by atoms with E-state index in [0.717, 1.165) is 45.0 Å². The molecule has 0 bridgehead atoms. The van der Waals surface area contributed by atoms with Gasteiger partial charge in [0.15, 0.2) is 0 Å². The average molecular weight is 819 g/mol. The Kier molecular flexibility index (Phi) is 9.05. The number of hydrogen-bond acceptors (Lipinski definition) is 3. The fraction of sp³-hybridized carbons (Fsp3) is 0.0164. The maximum Gasteiger partial charge on any atom is 0.143 e. The van der Waals surface area contributed by atoms with E-state index in [2.05, 4.69) is 217 Å². The molecule has 0 aliphatic carbocycles. The standard InChI is InChI=1S/C47H30N2O.C14H12/c1-29-20-22-36-42(26-29)50-47-38-24-25-40-45-39(27-30-12-11-19-37(44(36)47)43(30)46(38)45)35-23-21-34(28-41(35)49(40)33-17-9-4-10-18-33)48(31-13-5-2-6-14-31)32-15-7-3-8-16-32;1-3-7-13(8-4-1)11-12-14-9-5-2-6-10-14/h2-28H,1H3;1-12H/b;12-11-. The monoisotopic (exact) mass is 818 g/mol. The van der Waals surface area contributed by atoms with Crippen molar-refractivity contribution in [3.63, 3.8) is 0 Å². The lowest BCUT2D eigenvalue weighted by molar-refractivity contribution is 0.672. The van der Waals surface area contributed by atoms with Crippen LogP contribution >= 0.6 is 0 Å². The van der Waals surface area contributed by atoms with E-state index in [1.807, 2.05) is 36.4 Å². The number of anilines is 6. The van der Waals surface area contributed by atoms with Crippen molar-refractivity contribution < 1.29 is 4.42 Å². The van der Waals surface area contributed by atoms with Gasteiger partial charge >= 0.3 is 0 Å². The van der Waals surface area contributed by atoms with E-state index in [9.17, 15) is 0 Å².